The largest absolute Gasteiger partial charge is 0.478 e. The number of oxazole rings is 1. The highest BCUT2D eigenvalue weighted by Gasteiger charge is 2.11. The van der Waals surface area contributed by atoms with Gasteiger partial charge in [0.25, 0.3) is 5.22 Å². The second-order valence-electron chi connectivity index (χ2n) is 3.70. The van der Waals surface area contributed by atoms with Crippen LogP contribution in [0, 0.1) is 13.8 Å². The summed E-state index contributed by atoms with van der Waals surface area (Å²) in [6.07, 6.45) is 0. The Morgan fingerprint density at radius 1 is 1.39 bits per heavy atom. The van der Waals surface area contributed by atoms with Crippen LogP contribution in [0.4, 0.5) is 0 Å². The van der Waals surface area contributed by atoms with Crippen LogP contribution in [0.5, 0.6) is 0 Å². The molecule has 0 fully saturated rings. The number of nitrogens with zero attached hydrogens (tertiary/aromatic N) is 1. The Morgan fingerprint density at radius 2 is 2.11 bits per heavy atom. The molecule has 6 heteroatoms. The van der Waals surface area contributed by atoms with Crippen molar-refractivity contribution in [3.8, 4) is 0 Å². The summed E-state index contributed by atoms with van der Waals surface area (Å²) in [4.78, 5) is 16.0. The van der Waals surface area contributed by atoms with Crippen LogP contribution in [0.1, 0.15) is 21.8 Å². The van der Waals surface area contributed by atoms with Gasteiger partial charge in [-0.1, -0.05) is 15.9 Å². The number of aromatic carboxylic acids is 1. The molecule has 1 heterocycles. The van der Waals surface area contributed by atoms with Crippen LogP contribution in [0.2, 0.25) is 0 Å². The van der Waals surface area contributed by atoms with Gasteiger partial charge in [-0.25, -0.2) is 9.78 Å². The highest BCUT2D eigenvalue weighted by atomic mass is 79.9. The van der Waals surface area contributed by atoms with E-state index < -0.39 is 5.97 Å². The number of aromatic nitrogens is 1. The van der Waals surface area contributed by atoms with Gasteiger partial charge >= 0.3 is 5.97 Å². The van der Waals surface area contributed by atoms with Crippen molar-refractivity contribution in [1.82, 2.24) is 4.98 Å². The molecule has 2 rings (SSSR count). The lowest BCUT2D eigenvalue weighted by molar-refractivity contribution is 0.0696. The average Bonchev–Trinajstić information content (AvgIpc) is 2.56. The Kier molecular flexibility index (Phi) is 3.77. The summed E-state index contributed by atoms with van der Waals surface area (Å²) in [5, 5.41) is 9.49. The number of hydrogen-bond donors (Lipinski definition) is 1. The van der Waals surface area contributed by atoms with Crippen molar-refractivity contribution in [1.29, 1.82) is 0 Å². The summed E-state index contributed by atoms with van der Waals surface area (Å²) in [6.45, 7) is 3.71. The molecule has 0 amide bonds. The SMILES string of the molecule is Cc1nc(Sc2cc(Br)cc(C(=O)O)c2)oc1C. The van der Waals surface area contributed by atoms with E-state index in [2.05, 4.69) is 20.9 Å². The molecule has 0 unspecified atom stereocenters. The minimum atomic E-state index is -0.960. The maximum Gasteiger partial charge on any atom is 0.335 e. The van der Waals surface area contributed by atoms with Crippen LogP contribution in [0.3, 0.4) is 0 Å². The number of carbonyl (C=O) groups is 1. The fourth-order valence-electron chi connectivity index (χ4n) is 1.33. The summed E-state index contributed by atoms with van der Waals surface area (Å²) in [5.41, 5.74) is 1.07. The number of hydrogen-bond acceptors (Lipinski definition) is 4. The number of benzene rings is 1. The van der Waals surface area contributed by atoms with Gasteiger partial charge in [-0.15, -0.1) is 0 Å². The predicted molar refractivity (Wildman–Crippen MR) is 71.2 cm³/mol. The zero-order valence-electron chi connectivity index (χ0n) is 9.73. The molecule has 2 aromatic rings. The summed E-state index contributed by atoms with van der Waals surface area (Å²) >= 11 is 4.58. The fraction of sp³-hybridized carbons (Fsp3) is 0.167. The Balaban J connectivity index is 2.31. The van der Waals surface area contributed by atoms with Crippen LogP contribution in [0.25, 0.3) is 0 Å². The number of carboxylic acid groups (broad SMARTS) is 1. The van der Waals surface area contributed by atoms with E-state index in [9.17, 15) is 4.79 Å². The Hall–Kier alpha value is -1.27. The zero-order chi connectivity index (χ0) is 13.3. The van der Waals surface area contributed by atoms with E-state index in [0.29, 0.717) is 9.70 Å². The van der Waals surface area contributed by atoms with E-state index in [0.717, 1.165) is 16.3 Å². The van der Waals surface area contributed by atoms with E-state index in [1.807, 2.05) is 19.9 Å². The van der Waals surface area contributed by atoms with E-state index in [1.54, 1.807) is 12.1 Å². The lowest BCUT2D eigenvalue weighted by Crippen LogP contribution is -1.96. The molecule has 0 aliphatic carbocycles. The molecule has 4 nitrogen and oxygen atoms in total. The van der Waals surface area contributed by atoms with E-state index in [1.165, 1.54) is 11.8 Å². The fourth-order valence-corrected chi connectivity index (χ4v) is 2.90. The summed E-state index contributed by atoms with van der Waals surface area (Å²) < 4.78 is 6.16. The predicted octanol–water partition coefficient (Wildman–Crippen LogP) is 3.90. The highest BCUT2D eigenvalue weighted by molar-refractivity contribution is 9.10. The molecule has 1 aromatic heterocycles. The summed E-state index contributed by atoms with van der Waals surface area (Å²) in [6, 6.07) is 4.97. The normalized spacial score (nSPS) is 10.6. The third-order valence-corrected chi connectivity index (χ3v) is 3.61. The second-order valence-corrected chi connectivity index (χ2v) is 5.64. The van der Waals surface area contributed by atoms with Crippen molar-refractivity contribution in [2.75, 3.05) is 0 Å². The molecule has 0 aliphatic heterocycles. The first-order valence-corrected chi connectivity index (χ1v) is 6.72. The number of aryl methyl sites for hydroxylation is 2. The third-order valence-electron chi connectivity index (χ3n) is 2.33. The van der Waals surface area contributed by atoms with Gasteiger partial charge in [-0.3, -0.25) is 0 Å². The van der Waals surface area contributed by atoms with Gasteiger partial charge < -0.3 is 9.52 Å². The Labute approximate surface area is 117 Å². The van der Waals surface area contributed by atoms with Crippen LogP contribution in [-0.4, -0.2) is 16.1 Å². The quantitative estimate of drug-likeness (QED) is 0.926. The molecule has 0 saturated carbocycles. The molecule has 0 spiro atoms. The molecule has 1 aromatic carbocycles. The Morgan fingerprint density at radius 3 is 2.67 bits per heavy atom. The van der Waals surface area contributed by atoms with E-state index >= 15 is 0 Å². The lowest BCUT2D eigenvalue weighted by atomic mass is 10.2. The Bertz CT molecular complexity index is 590. The van der Waals surface area contributed by atoms with Crippen molar-refractivity contribution >= 4 is 33.7 Å². The molecule has 1 N–H and O–H groups in total. The van der Waals surface area contributed by atoms with Gasteiger partial charge in [0.05, 0.1) is 11.3 Å². The van der Waals surface area contributed by atoms with Crippen molar-refractivity contribution in [2.45, 2.75) is 24.0 Å². The van der Waals surface area contributed by atoms with E-state index in [4.69, 9.17) is 9.52 Å². The maximum absolute atomic E-state index is 10.9. The van der Waals surface area contributed by atoms with Gasteiger partial charge in [0, 0.05) is 9.37 Å². The molecule has 94 valence electrons. The number of carboxylic acids is 1. The van der Waals surface area contributed by atoms with Crippen molar-refractivity contribution in [2.24, 2.45) is 0 Å². The first-order chi connectivity index (χ1) is 8.45. The molecule has 0 aliphatic rings. The third kappa shape index (κ3) is 2.94. The zero-order valence-corrected chi connectivity index (χ0v) is 12.1. The van der Waals surface area contributed by atoms with Crippen molar-refractivity contribution in [3.63, 3.8) is 0 Å². The van der Waals surface area contributed by atoms with Gasteiger partial charge in [-0.2, -0.15) is 0 Å². The molecule has 0 atom stereocenters. The topological polar surface area (TPSA) is 63.3 Å². The van der Waals surface area contributed by atoms with E-state index in [-0.39, 0.29) is 5.56 Å². The van der Waals surface area contributed by atoms with Crippen molar-refractivity contribution < 1.29 is 14.3 Å². The minimum Gasteiger partial charge on any atom is -0.478 e. The first kappa shape index (κ1) is 13.2. The standard InChI is InChI=1S/C12H10BrNO3S/c1-6-7(2)17-12(14-6)18-10-4-8(11(15)16)3-9(13)5-10/h3-5H,1-2H3,(H,15,16). The molecular weight excluding hydrogens is 318 g/mol. The number of rotatable bonds is 3. The van der Waals surface area contributed by atoms with Crippen molar-refractivity contribution in [3.05, 3.63) is 39.7 Å². The van der Waals surface area contributed by atoms with Crippen LogP contribution in [0.15, 0.2) is 37.2 Å². The lowest BCUT2D eigenvalue weighted by Gasteiger charge is -2.01. The smallest absolute Gasteiger partial charge is 0.335 e. The highest BCUT2D eigenvalue weighted by Crippen LogP contribution is 2.31. The summed E-state index contributed by atoms with van der Waals surface area (Å²) in [5.74, 6) is -0.191. The van der Waals surface area contributed by atoms with Gasteiger partial charge in [0.15, 0.2) is 0 Å². The molecular formula is C12H10BrNO3S. The van der Waals surface area contributed by atoms with Crippen LogP contribution in [-0.2, 0) is 0 Å². The molecule has 18 heavy (non-hydrogen) atoms. The maximum atomic E-state index is 10.9. The minimum absolute atomic E-state index is 0.229. The van der Waals surface area contributed by atoms with Crippen LogP contribution < -0.4 is 0 Å². The van der Waals surface area contributed by atoms with Gasteiger partial charge in [0.1, 0.15) is 5.76 Å². The summed E-state index contributed by atoms with van der Waals surface area (Å²) in [7, 11) is 0. The molecule has 0 saturated heterocycles. The molecule has 0 bridgehead atoms. The van der Waals surface area contributed by atoms with Gasteiger partial charge in [0.2, 0.25) is 0 Å². The monoisotopic (exact) mass is 327 g/mol. The molecule has 0 radical (unpaired) electrons. The number of halogens is 1. The van der Waals surface area contributed by atoms with Gasteiger partial charge in [-0.05, 0) is 43.8 Å². The van der Waals surface area contributed by atoms with Crippen LogP contribution >= 0.6 is 27.7 Å². The average molecular weight is 328 g/mol. The first-order valence-electron chi connectivity index (χ1n) is 5.11. The second kappa shape index (κ2) is 5.16.